The minimum Gasteiger partial charge on any atom is -0.354 e. The summed E-state index contributed by atoms with van der Waals surface area (Å²) < 4.78 is 28.6. The summed E-state index contributed by atoms with van der Waals surface area (Å²) in [7, 11) is -4.18. The molecule has 0 aliphatic heterocycles. The summed E-state index contributed by atoms with van der Waals surface area (Å²) in [6.07, 6.45) is 0.715. The first-order chi connectivity index (χ1) is 18.4. The van der Waals surface area contributed by atoms with E-state index in [4.69, 9.17) is 34.8 Å². The topological polar surface area (TPSA) is 86.8 Å². The van der Waals surface area contributed by atoms with Gasteiger partial charge in [0.2, 0.25) is 11.8 Å². The van der Waals surface area contributed by atoms with E-state index in [2.05, 4.69) is 5.32 Å². The van der Waals surface area contributed by atoms with Crippen molar-refractivity contribution in [3.63, 3.8) is 0 Å². The fourth-order valence-electron chi connectivity index (χ4n) is 3.80. The molecule has 0 aliphatic rings. The van der Waals surface area contributed by atoms with Crippen molar-refractivity contribution in [3.8, 4) is 0 Å². The third-order valence-electron chi connectivity index (χ3n) is 6.13. The monoisotopic (exact) mass is 609 g/mol. The number of benzene rings is 3. The highest BCUT2D eigenvalue weighted by atomic mass is 35.5. The maximum Gasteiger partial charge on any atom is 0.264 e. The van der Waals surface area contributed by atoms with E-state index in [9.17, 15) is 18.0 Å². The average molecular weight is 611 g/mol. The SMILES string of the molecule is CCCNC(=O)[C@@H](C)N(Cc1ccc(Cl)cc1Cl)C(=O)CN(c1ccc(C)c(Cl)c1)S(=O)(=O)c1ccccc1. The Balaban J connectivity index is 2.05. The summed E-state index contributed by atoms with van der Waals surface area (Å²) in [6, 6.07) is 16.5. The molecule has 0 spiro atoms. The molecule has 1 atom stereocenters. The van der Waals surface area contributed by atoms with Gasteiger partial charge in [-0.05, 0) is 67.8 Å². The van der Waals surface area contributed by atoms with Crippen LogP contribution < -0.4 is 9.62 Å². The molecule has 3 rings (SSSR count). The number of nitrogens with one attached hydrogen (secondary N) is 1. The van der Waals surface area contributed by atoms with Gasteiger partial charge in [-0.1, -0.05) is 72.1 Å². The van der Waals surface area contributed by atoms with Gasteiger partial charge in [0.1, 0.15) is 12.6 Å². The molecule has 0 radical (unpaired) electrons. The fraction of sp³-hybridized carbons (Fsp3) is 0.286. The summed E-state index contributed by atoms with van der Waals surface area (Å²) in [5.41, 5.74) is 1.53. The van der Waals surface area contributed by atoms with Gasteiger partial charge in [0.25, 0.3) is 10.0 Å². The molecule has 3 aromatic carbocycles. The molecule has 1 N–H and O–H groups in total. The Bertz CT molecular complexity index is 1440. The first-order valence-corrected chi connectivity index (χ1v) is 14.9. The molecule has 0 aromatic heterocycles. The molecule has 0 unspecified atom stereocenters. The third kappa shape index (κ3) is 7.66. The van der Waals surface area contributed by atoms with Crippen LogP contribution in [0.3, 0.4) is 0 Å². The Hall–Kier alpha value is -2.78. The summed E-state index contributed by atoms with van der Waals surface area (Å²) in [6.45, 7) is 5.12. The summed E-state index contributed by atoms with van der Waals surface area (Å²) in [5.74, 6) is -0.970. The van der Waals surface area contributed by atoms with E-state index in [1.807, 2.05) is 6.92 Å². The molecule has 39 heavy (non-hydrogen) atoms. The minimum absolute atomic E-state index is 0.00975. The summed E-state index contributed by atoms with van der Waals surface area (Å²) in [5, 5.41) is 3.89. The maximum atomic E-state index is 13.9. The van der Waals surface area contributed by atoms with Gasteiger partial charge in [-0.2, -0.15) is 0 Å². The van der Waals surface area contributed by atoms with Crippen molar-refractivity contribution in [2.75, 3.05) is 17.4 Å². The lowest BCUT2D eigenvalue weighted by Gasteiger charge is -2.32. The minimum atomic E-state index is -4.18. The molecule has 3 aromatic rings. The number of carbonyl (C=O) groups is 2. The van der Waals surface area contributed by atoms with Crippen molar-refractivity contribution in [1.82, 2.24) is 10.2 Å². The van der Waals surface area contributed by atoms with Gasteiger partial charge in [0, 0.05) is 28.2 Å². The molecule has 0 aliphatic carbocycles. The predicted molar refractivity (Wildman–Crippen MR) is 157 cm³/mol. The third-order valence-corrected chi connectivity index (χ3v) is 8.91. The second kappa shape index (κ2) is 13.5. The molecule has 0 heterocycles. The second-order valence-electron chi connectivity index (χ2n) is 8.98. The van der Waals surface area contributed by atoms with Crippen molar-refractivity contribution in [2.24, 2.45) is 0 Å². The van der Waals surface area contributed by atoms with Crippen LogP contribution >= 0.6 is 34.8 Å². The van der Waals surface area contributed by atoms with Crippen LogP contribution in [0.1, 0.15) is 31.4 Å². The molecule has 0 fully saturated rings. The van der Waals surface area contributed by atoms with Gasteiger partial charge < -0.3 is 10.2 Å². The van der Waals surface area contributed by atoms with Crippen molar-refractivity contribution in [1.29, 1.82) is 0 Å². The number of amides is 2. The highest BCUT2D eigenvalue weighted by Gasteiger charge is 2.33. The van der Waals surface area contributed by atoms with Crippen LogP contribution in [0, 0.1) is 6.92 Å². The standard InChI is InChI=1S/C28H30Cl3N3O4S/c1-4-14-32-28(36)20(3)33(17-21-11-12-22(29)15-26(21)31)27(35)18-34(23-13-10-19(2)25(30)16-23)39(37,38)24-8-6-5-7-9-24/h5-13,15-16,20H,4,14,17-18H2,1-3H3,(H,32,36)/t20-/m1/s1. The Morgan fingerprint density at radius 2 is 1.64 bits per heavy atom. The molecule has 0 saturated heterocycles. The lowest BCUT2D eigenvalue weighted by atomic mass is 10.1. The zero-order chi connectivity index (χ0) is 28.7. The van der Waals surface area contributed by atoms with Crippen LogP contribution in [0.25, 0.3) is 0 Å². The van der Waals surface area contributed by atoms with Crippen LogP contribution in [0.2, 0.25) is 15.1 Å². The molecule has 2 amide bonds. The van der Waals surface area contributed by atoms with Crippen molar-refractivity contribution >= 4 is 62.3 Å². The van der Waals surface area contributed by atoms with E-state index in [0.717, 1.165) is 9.87 Å². The van der Waals surface area contributed by atoms with Gasteiger partial charge in [-0.25, -0.2) is 8.42 Å². The second-order valence-corrected chi connectivity index (χ2v) is 12.1. The van der Waals surface area contributed by atoms with Crippen LogP contribution in [-0.2, 0) is 26.2 Å². The van der Waals surface area contributed by atoms with E-state index in [1.54, 1.807) is 62.4 Å². The number of anilines is 1. The van der Waals surface area contributed by atoms with E-state index in [0.29, 0.717) is 33.6 Å². The number of hydrogen-bond donors (Lipinski definition) is 1. The van der Waals surface area contributed by atoms with E-state index >= 15 is 0 Å². The zero-order valence-electron chi connectivity index (χ0n) is 21.8. The Kier molecular flexibility index (Phi) is 10.7. The summed E-state index contributed by atoms with van der Waals surface area (Å²) >= 11 is 18.8. The first kappa shape index (κ1) is 30.8. The lowest BCUT2D eigenvalue weighted by molar-refractivity contribution is -0.139. The smallest absolute Gasteiger partial charge is 0.264 e. The van der Waals surface area contributed by atoms with Gasteiger partial charge in [-0.15, -0.1) is 0 Å². The lowest BCUT2D eigenvalue weighted by Crippen LogP contribution is -2.51. The number of carbonyl (C=O) groups excluding carboxylic acids is 2. The Morgan fingerprint density at radius 3 is 2.26 bits per heavy atom. The molecule has 0 bridgehead atoms. The van der Waals surface area contributed by atoms with Crippen LogP contribution in [0.4, 0.5) is 5.69 Å². The van der Waals surface area contributed by atoms with Crippen LogP contribution in [0.15, 0.2) is 71.6 Å². The fourth-order valence-corrected chi connectivity index (χ4v) is 5.87. The van der Waals surface area contributed by atoms with Crippen molar-refractivity contribution < 1.29 is 18.0 Å². The number of nitrogens with zero attached hydrogens (tertiary/aromatic N) is 2. The molecule has 0 saturated carbocycles. The van der Waals surface area contributed by atoms with Gasteiger partial charge in [0.15, 0.2) is 0 Å². The number of rotatable bonds is 11. The Morgan fingerprint density at radius 1 is 0.949 bits per heavy atom. The van der Waals surface area contributed by atoms with Gasteiger partial charge >= 0.3 is 0 Å². The normalized spacial score (nSPS) is 12.1. The van der Waals surface area contributed by atoms with Crippen LogP contribution in [0.5, 0.6) is 0 Å². The number of halogens is 3. The summed E-state index contributed by atoms with van der Waals surface area (Å²) in [4.78, 5) is 28.1. The largest absolute Gasteiger partial charge is 0.354 e. The quantitative estimate of drug-likeness (QED) is 0.285. The van der Waals surface area contributed by atoms with Crippen molar-refractivity contribution in [3.05, 3.63) is 92.9 Å². The number of hydrogen-bond acceptors (Lipinski definition) is 4. The van der Waals surface area contributed by atoms with Crippen molar-refractivity contribution in [2.45, 2.75) is 44.7 Å². The zero-order valence-corrected chi connectivity index (χ0v) is 24.9. The average Bonchev–Trinajstić information content (AvgIpc) is 2.91. The highest BCUT2D eigenvalue weighted by molar-refractivity contribution is 7.92. The van der Waals surface area contributed by atoms with E-state index < -0.39 is 28.5 Å². The predicted octanol–water partition coefficient (Wildman–Crippen LogP) is 6.09. The maximum absolute atomic E-state index is 13.9. The first-order valence-electron chi connectivity index (χ1n) is 12.3. The molecule has 11 heteroatoms. The number of aryl methyl sites for hydroxylation is 1. The van der Waals surface area contributed by atoms with E-state index in [1.165, 1.54) is 23.1 Å². The molecular formula is C28H30Cl3N3O4S. The Labute approximate surface area is 244 Å². The van der Waals surface area contributed by atoms with Crippen LogP contribution in [-0.4, -0.2) is 44.3 Å². The molecule has 208 valence electrons. The molecular weight excluding hydrogens is 581 g/mol. The number of sulfonamides is 1. The van der Waals surface area contributed by atoms with Gasteiger partial charge in [0.05, 0.1) is 10.6 Å². The highest BCUT2D eigenvalue weighted by Crippen LogP contribution is 2.29. The molecule has 7 nitrogen and oxygen atoms in total. The van der Waals surface area contributed by atoms with E-state index in [-0.39, 0.29) is 23.0 Å². The van der Waals surface area contributed by atoms with Gasteiger partial charge in [-0.3, -0.25) is 13.9 Å².